The molecule has 0 bridgehead atoms. The van der Waals surface area contributed by atoms with Crippen LogP contribution in [0.15, 0.2) is 22.7 Å². The molecule has 0 spiro atoms. The number of anilines is 1. The maximum Gasteiger partial charge on any atom is 0.0568 e. The predicted octanol–water partition coefficient (Wildman–Crippen LogP) is 4.95. The molecule has 0 fully saturated rings. The van der Waals surface area contributed by atoms with Gasteiger partial charge >= 0.3 is 0 Å². The lowest BCUT2D eigenvalue weighted by Crippen LogP contribution is -2.24. The minimum Gasteiger partial charge on any atom is -0.382 e. The summed E-state index contributed by atoms with van der Waals surface area (Å²) in [7, 11) is 0. The summed E-state index contributed by atoms with van der Waals surface area (Å²) in [5.41, 5.74) is 1.09. The quantitative estimate of drug-likeness (QED) is 0.827. The van der Waals surface area contributed by atoms with Crippen LogP contribution in [0.5, 0.6) is 0 Å². The number of rotatable bonds is 4. The SMILES string of the molecule is CCC(Nc1ccc(Br)c(Cl)c1)C(C)C. The third kappa shape index (κ3) is 3.69. The summed E-state index contributed by atoms with van der Waals surface area (Å²) in [5.74, 6) is 0.623. The monoisotopic (exact) mass is 289 g/mol. The lowest BCUT2D eigenvalue weighted by Gasteiger charge is -2.22. The first-order valence-electron chi connectivity index (χ1n) is 5.26. The van der Waals surface area contributed by atoms with Crippen molar-refractivity contribution < 1.29 is 0 Å². The van der Waals surface area contributed by atoms with Gasteiger partial charge < -0.3 is 5.32 Å². The summed E-state index contributed by atoms with van der Waals surface area (Å²) < 4.78 is 0.937. The fourth-order valence-electron chi connectivity index (χ4n) is 1.54. The van der Waals surface area contributed by atoms with E-state index in [1.807, 2.05) is 18.2 Å². The van der Waals surface area contributed by atoms with Crippen molar-refractivity contribution in [3.8, 4) is 0 Å². The zero-order valence-corrected chi connectivity index (χ0v) is 11.7. The third-order valence-corrected chi connectivity index (χ3v) is 3.75. The predicted molar refractivity (Wildman–Crippen MR) is 71.7 cm³/mol. The van der Waals surface area contributed by atoms with E-state index in [9.17, 15) is 0 Å². The Kier molecular flexibility index (Phi) is 4.94. The minimum atomic E-state index is 0.502. The Morgan fingerprint density at radius 1 is 1.40 bits per heavy atom. The average Bonchev–Trinajstić information content (AvgIpc) is 2.19. The van der Waals surface area contributed by atoms with Crippen LogP contribution in [0, 0.1) is 5.92 Å². The smallest absolute Gasteiger partial charge is 0.0568 e. The summed E-state index contributed by atoms with van der Waals surface area (Å²) in [5, 5.41) is 4.24. The molecule has 0 aliphatic heterocycles. The summed E-state index contributed by atoms with van der Waals surface area (Å²) in [6, 6.07) is 6.47. The maximum atomic E-state index is 6.03. The molecule has 1 aromatic carbocycles. The minimum absolute atomic E-state index is 0.502. The Labute approximate surface area is 105 Å². The number of nitrogens with one attached hydrogen (secondary N) is 1. The molecule has 1 atom stereocenters. The van der Waals surface area contributed by atoms with Gasteiger partial charge in [0.05, 0.1) is 5.02 Å². The molecule has 0 saturated heterocycles. The Hall–Kier alpha value is -0.210. The molecule has 1 rings (SSSR count). The van der Waals surface area contributed by atoms with Crippen molar-refractivity contribution in [2.45, 2.75) is 33.2 Å². The van der Waals surface area contributed by atoms with Gasteiger partial charge in [0.1, 0.15) is 0 Å². The molecular weight excluding hydrogens is 273 g/mol. The van der Waals surface area contributed by atoms with Crippen LogP contribution in [-0.4, -0.2) is 6.04 Å². The Balaban J connectivity index is 2.75. The van der Waals surface area contributed by atoms with Gasteiger partial charge in [0, 0.05) is 16.2 Å². The second-order valence-corrected chi connectivity index (χ2v) is 5.29. The number of halogens is 2. The molecule has 0 radical (unpaired) electrons. The summed E-state index contributed by atoms with van der Waals surface area (Å²) >= 11 is 9.42. The van der Waals surface area contributed by atoms with Gasteiger partial charge in [-0.15, -0.1) is 0 Å². The third-order valence-electron chi connectivity index (χ3n) is 2.52. The molecule has 0 aromatic heterocycles. The molecule has 0 heterocycles. The van der Waals surface area contributed by atoms with Crippen molar-refractivity contribution in [1.82, 2.24) is 0 Å². The first-order chi connectivity index (χ1) is 7.04. The van der Waals surface area contributed by atoms with Gasteiger partial charge in [0.25, 0.3) is 0 Å². The molecule has 84 valence electrons. The number of benzene rings is 1. The van der Waals surface area contributed by atoms with Crippen LogP contribution in [0.1, 0.15) is 27.2 Å². The van der Waals surface area contributed by atoms with Crippen molar-refractivity contribution in [2.75, 3.05) is 5.32 Å². The standard InChI is InChI=1S/C12H17BrClN/c1-4-12(8(2)3)15-9-5-6-10(13)11(14)7-9/h5-8,12,15H,4H2,1-3H3. The highest BCUT2D eigenvalue weighted by molar-refractivity contribution is 9.10. The van der Waals surface area contributed by atoms with Gasteiger partial charge in [-0.05, 0) is 46.5 Å². The highest BCUT2D eigenvalue weighted by atomic mass is 79.9. The largest absolute Gasteiger partial charge is 0.382 e. The van der Waals surface area contributed by atoms with Crippen LogP contribution in [0.3, 0.4) is 0 Å². The van der Waals surface area contributed by atoms with Gasteiger partial charge in [-0.1, -0.05) is 32.4 Å². The summed E-state index contributed by atoms with van der Waals surface area (Å²) in [6.45, 7) is 6.64. The van der Waals surface area contributed by atoms with Gasteiger partial charge in [0.2, 0.25) is 0 Å². The van der Waals surface area contributed by atoms with Gasteiger partial charge in [-0.25, -0.2) is 0 Å². The first-order valence-corrected chi connectivity index (χ1v) is 6.43. The molecule has 1 N–H and O–H groups in total. The zero-order valence-electron chi connectivity index (χ0n) is 9.35. The van der Waals surface area contributed by atoms with Crippen molar-refractivity contribution >= 4 is 33.2 Å². The Bertz CT molecular complexity index is 325. The molecule has 15 heavy (non-hydrogen) atoms. The average molecular weight is 291 g/mol. The maximum absolute atomic E-state index is 6.03. The molecule has 0 amide bonds. The molecule has 1 aromatic rings. The van der Waals surface area contributed by atoms with Gasteiger partial charge in [-0.3, -0.25) is 0 Å². The molecule has 0 saturated carbocycles. The summed E-state index contributed by atoms with van der Waals surface area (Å²) in [6.07, 6.45) is 1.12. The van der Waals surface area contributed by atoms with E-state index in [0.29, 0.717) is 12.0 Å². The fraction of sp³-hybridized carbons (Fsp3) is 0.500. The van der Waals surface area contributed by atoms with E-state index in [1.54, 1.807) is 0 Å². The van der Waals surface area contributed by atoms with E-state index < -0.39 is 0 Å². The van der Waals surface area contributed by atoms with Crippen molar-refractivity contribution in [3.63, 3.8) is 0 Å². The van der Waals surface area contributed by atoms with Crippen LogP contribution in [0.4, 0.5) is 5.69 Å². The molecule has 0 aliphatic carbocycles. The van der Waals surface area contributed by atoms with E-state index in [4.69, 9.17) is 11.6 Å². The molecule has 1 nitrogen and oxygen atoms in total. The van der Waals surface area contributed by atoms with Crippen LogP contribution in [0.2, 0.25) is 5.02 Å². The molecule has 0 aliphatic rings. The lowest BCUT2D eigenvalue weighted by molar-refractivity contribution is 0.511. The molecular formula is C12H17BrClN. The van der Waals surface area contributed by atoms with Crippen molar-refractivity contribution in [1.29, 1.82) is 0 Å². The molecule has 3 heteroatoms. The summed E-state index contributed by atoms with van der Waals surface area (Å²) in [4.78, 5) is 0. The normalized spacial score (nSPS) is 12.9. The van der Waals surface area contributed by atoms with Crippen LogP contribution >= 0.6 is 27.5 Å². The fourth-order valence-corrected chi connectivity index (χ4v) is 1.97. The van der Waals surface area contributed by atoms with Gasteiger partial charge in [0.15, 0.2) is 0 Å². The number of hydrogen-bond acceptors (Lipinski definition) is 1. The number of hydrogen-bond donors (Lipinski definition) is 1. The zero-order chi connectivity index (χ0) is 11.4. The first kappa shape index (κ1) is 12.9. The van der Waals surface area contributed by atoms with Crippen LogP contribution < -0.4 is 5.32 Å². The second kappa shape index (κ2) is 5.76. The van der Waals surface area contributed by atoms with Crippen molar-refractivity contribution in [3.05, 3.63) is 27.7 Å². The van der Waals surface area contributed by atoms with E-state index >= 15 is 0 Å². The Morgan fingerprint density at radius 2 is 2.07 bits per heavy atom. The lowest BCUT2D eigenvalue weighted by atomic mass is 10.0. The van der Waals surface area contributed by atoms with E-state index in [1.165, 1.54) is 0 Å². The van der Waals surface area contributed by atoms with Crippen molar-refractivity contribution in [2.24, 2.45) is 5.92 Å². The van der Waals surface area contributed by atoms with Crippen LogP contribution in [-0.2, 0) is 0 Å². The van der Waals surface area contributed by atoms with Gasteiger partial charge in [-0.2, -0.15) is 0 Å². The molecule has 1 unspecified atom stereocenters. The highest BCUT2D eigenvalue weighted by Crippen LogP contribution is 2.26. The highest BCUT2D eigenvalue weighted by Gasteiger charge is 2.10. The Morgan fingerprint density at radius 3 is 2.53 bits per heavy atom. The van der Waals surface area contributed by atoms with E-state index in [-0.39, 0.29) is 0 Å². The van der Waals surface area contributed by atoms with E-state index in [2.05, 4.69) is 42.0 Å². The topological polar surface area (TPSA) is 12.0 Å². The second-order valence-electron chi connectivity index (χ2n) is 4.03. The van der Waals surface area contributed by atoms with E-state index in [0.717, 1.165) is 21.6 Å². The van der Waals surface area contributed by atoms with Crippen LogP contribution in [0.25, 0.3) is 0 Å².